The van der Waals surface area contributed by atoms with Gasteiger partial charge in [-0.15, -0.1) is 0 Å². The summed E-state index contributed by atoms with van der Waals surface area (Å²) in [6.07, 6.45) is 1.76. The molecule has 5 heteroatoms. The van der Waals surface area contributed by atoms with Crippen molar-refractivity contribution in [2.45, 2.75) is 13.0 Å². The molecule has 0 radical (unpaired) electrons. The van der Waals surface area contributed by atoms with Crippen molar-refractivity contribution in [3.05, 3.63) is 29.6 Å². The van der Waals surface area contributed by atoms with Gasteiger partial charge in [0.1, 0.15) is 6.04 Å². The molecule has 1 aromatic rings. The molecule has 1 aromatic heterocycles. The molecule has 5 nitrogen and oxygen atoms in total. The third-order valence-corrected chi connectivity index (χ3v) is 3.19. The second kappa shape index (κ2) is 5.93. The van der Waals surface area contributed by atoms with Gasteiger partial charge >= 0.3 is 5.97 Å². The summed E-state index contributed by atoms with van der Waals surface area (Å²) in [5.41, 5.74) is 1.84. The fraction of sp³-hybridized carbons (Fsp3) is 0.538. The molecule has 0 amide bonds. The minimum Gasteiger partial charge on any atom is -0.468 e. The molecule has 1 unspecified atom stereocenters. The van der Waals surface area contributed by atoms with Gasteiger partial charge in [-0.05, 0) is 18.6 Å². The summed E-state index contributed by atoms with van der Waals surface area (Å²) in [6.45, 7) is 5.41. The molecule has 1 saturated heterocycles. The molecule has 1 atom stereocenters. The number of piperazine rings is 1. The van der Waals surface area contributed by atoms with Gasteiger partial charge < -0.3 is 10.1 Å². The summed E-state index contributed by atoms with van der Waals surface area (Å²) in [4.78, 5) is 18.4. The van der Waals surface area contributed by atoms with E-state index in [1.165, 1.54) is 7.11 Å². The van der Waals surface area contributed by atoms with Crippen LogP contribution in [0.3, 0.4) is 0 Å². The topological polar surface area (TPSA) is 54.5 Å². The van der Waals surface area contributed by atoms with Crippen LogP contribution in [0.5, 0.6) is 0 Å². The molecular formula is C13H19N3O2. The predicted molar refractivity (Wildman–Crippen MR) is 68.2 cm³/mol. The molecule has 1 N–H and O–H groups in total. The molecule has 18 heavy (non-hydrogen) atoms. The minimum atomic E-state index is -0.342. The van der Waals surface area contributed by atoms with Crippen molar-refractivity contribution in [2.75, 3.05) is 33.3 Å². The zero-order valence-corrected chi connectivity index (χ0v) is 10.8. The third-order valence-electron chi connectivity index (χ3n) is 3.19. The molecule has 0 bridgehead atoms. The van der Waals surface area contributed by atoms with Crippen molar-refractivity contribution >= 4 is 5.97 Å². The molecule has 2 rings (SSSR count). The van der Waals surface area contributed by atoms with Gasteiger partial charge in [0, 0.05) is 38.1 Å². The van der Waals surface area contributed by atoms with E-state index in [0.29, 0.717) is 0 Å². The monoisotopic (exact) mass is 249 g/mol. The summed E-state index contributed by atoms with van der Waals surface area (Å²) < 4.78 is 4.92. The fourth-order valence-corrected chi connectivity index (χ4v) is 2.19. The van der Waals surface area contributed by atoms with Gasteiger partial charge in [-0.1, -0.05) is 6.07 Å². The Kier molecular flexibility index (Phi) is 4.28. The highest BCUT2D eigenvalue weighted by atomic mass is 16.5. The fourth-order valence-electron chi connectivity index (χ4n) is 2.19. The Morgan fingerprint density at radius 2 is 2.17 bits per heavy atom. The highest BCUT2D eigenvalue weighted by Crippen LogP contribution is 2.22. The number of hydrogen-bond acceptors (Lipinski definition) is 5. The Morgan fingerprint density at radius 3 is 2.72 bits per heavy atom. The van der Waals surface area contributed by atoms with Crippen LogP contribution >= 0.6 is 0 Å². The number of esters is 1. The lowest BCUT2D eigenvalue weighted by Gasteiger charge is -2.33. The van der Waals surface area contributed by atoms with E-state index in [2.05, 4.69) is 15.2 Å². The number of carbonyl (C=O) groups excluding carboxylic acids is 1. The van der Waals surface area contributed by atoms with Gasteiger partial charge in [-0.25, -0.2) is 4.79 Å². The zero-order valence-electron chi connectivity index (χ0n) is 10.8. The maximum atomic E-state index is 12.0. The number of aryl methyl sites for hydroxylation is 1. The van der Waals surface area contributed by atoms with E-state index in [1.807, 2.05) is 19.1 Å². The summed E-state index contributed by atoms with van der Waals surface area (Å²) >= 11 is 0. The maximum Gasteiger partial charge on any atom is 0.327 e. The third kappa shape index (κ3) is 2.86. The molecule has 0 aromatic carbocycles. The summed E-state index contributed by atoms with van der Waals surface area (Å²) in [7, 11) is 1.43. The van der Waals surface area contributed by atoms with Crippen LogP contribution in [0.4, 0.5) is 0 Å². The Bertz CT molecular complexity index is 399. The average molecular weight is 249 g/mol. The molecule has 0 saturated carbocycles. The molecule has 1 fully saturated rings. The van der Waals surface area contributed by atoms with E-state index in [4.69, 9.17) is 4.74 Å². The van der Waals surface area contributed by atoms with E-state index >= 15 is 0 Å². The smallest absolute Gasteiger partial charge is 0.327 e. The summed E-state index contributed by atoms with van der Waals surface area (Å²) in [6, 6.07) is 3.53. The first kappa shape index (κ1) is 13.0. The van der Waals surface area contributed by atoms with E-state index in [-0.39, 0.29) is 12.0 Å². The van der Waals surface area contributed by atoms with Gasteiger partial charge in [-0.2, -0.15) is 0 Å². The number of nitrogens with one attached hydrogen (secondary N) is 1. The number of pyridine rings is 1. The van der Waals surface area contributed by atoms with Crippen LogP contribution in [0.25, 0.3) is 0 Å². The molecular weight excluding hydrogens is 230 g/mol. The van der Waals surface area contributed by atoms with Crippen LogP contribution < -0.4 is 5.32 Å². The minimum absolute atomic E-state index is 0.220. The van der Waals surface area contributed by atoms with E-state index in [1.54, 1.807) is 6.20 Å². The number of aromatic nitrogens is 1. The number of hydrogen-bond donors (Lipinski definition) is 1. The average Bonchev–Trinajstić information content (AvgIpc) is 2.42. The van der Waals surface area contributed by atoms with Crippen molar-refractivity contribution in [3.8, 4) is 0 Å². The number of methoxy groups -OCH3 is 1. The van der Waals surface area contributed by atoms with Crippen LogP contribution in [0, 0.1) is 6.92 Å². The van der Waals surface area contributed by atoms with Gasteiger partial charge in [0.25, 0.3) is 0 Å². The Morgan fingerprint density at radius 1 is 1.44 bits per heavy atom. The van der Waals surface area contributed by atoms with Crippen LogP contribution in [0.15, 0.2) is 18.3 Å². The summed E-state index contributed by atoms with van der Waals surface area (Å²) in [5.74, 6) is -0.220. The van der Waals surface area contributed by atoms with Crippen molar-refractivity contribution in [1.82, 2.24) is 15.2 Å². The number of rotatable bonds is 3. The van der Waals surface area contributed by atoms with E-state index in [0.717, 1.165) is 37.4 Å². The normalized spacial score (nSPS) is 18.3. The van der Waals surface area contributed by atoms with Crippen molar-refractivity contribution in [3.63, 3.8) is 0 Å². The Balaban J connectivity index is 2.23. The maximum absolute atomic E-state index is 12.0. The standard InChI is InChI=1S/C13H19N3O2/c1-10-3-4-11(9-15-10)12(13(17)18-2)16-7-5-14-6-8-16/h3-4,9,12,14H,5-8H2,1-2H3. The van der Waals surface area contributed by atoms with Crippen LogP contribution in [0.2, 0.25) is 0 Å². The number of carbonyl (C=O) groups is 1. The van der Waals surface area contributed by atoms with E-state index < -0.39 is 0 Å². The number of nitrogens with zero attached hydrogens (tertiary/aromatic N) is 2. The highest BCUT2D eigenvalue weighted by molar-refractivity contribution is 5.77. The first-order valence-electron chi connectivity index (χ1n) is 6.17. The van der Waals surface area contributed by atoms with Crippen LogP contribution in [-0.2, 0) is 9.53 Å². The molecule has 1 aliphatic rings. The van der Waals surface area contributed by atoms with Crippen molar-refractivity contribution in [1.29, 1.82) is 0 Å². The number of ether oxygens (including phenoxy) is 1. The molecule has 2 heterocycles. The lowest BCUT2D eigenvalue weighted by atomic mass is 10.1. The first-order chi connectivity index (χ1) is 8.72. The molecule has 0 spiro atoms. The lowest BCUT2D eigenvalue weighted by Crippen LogP contribution is -2.47. The van der Waals surface area contributed by atoms with Crippen LogP contribution in [0.1, 0.15) is 17.3 Å². The molecule has 98 valence electrons. The Hall–Kier alpha value is -1.46. The van der Waals surface area contributed by atoms with Crippen LogP contribution in [-0.4, -0.2) is 49.1 Å². The van der Waals surface area contributed by atoms with Gasteiger partial charge in [-0.3, -0.25) is 9.88 Å². The second-order valence-electron chi connectivity index (χ2n) is 4.44. The first-order valence-corrected chi connectivity index (χ1v) is 6.17. The van der Waals surface area contributed by atoms with Crippen molar-refractivity contribution in [2.24, 2.45) is 0 Å². The largest absolute Gasteiger partial charge is 0.468 e. The van der Waals surface area contributed by atoms with Gasteiger partial charge in [0.05, 0.1) is 7.11 Å². The van der Waals surface area contributed by atoms with Gasteiger partial charge in [0.15, 0.2) is 0 Å². The molecule has 0 aliphatic carbocycles. The lowest BCUT2D eigenvalue weighted by molar-refractivity contribution is -0.147. The molecule has 1 aliphatic heterocycles. The highest BCUT2D eigenvalue weighted by Gasteiger charge is 2.29. The Labute approximate surface area is 107 Å². The SMILES string of the molecule is COC(=O)C(c1ccc(C)nc1)N1CCNCC1. The quantitative estimate of drug-likeness (QED) is 0.791. The van der Waals surface area contributed by atoms with Gasteiger partial charge in [0.2, 0.25) is 0 Å². The van der Waals surface area contributed by atoms with E-state index in [9.17, 15) is 4.79 Å². The zero-order chi connectivity index (χ0) is 13.0. The second-order valence-corrected chi connectivity index (χ2v) is 4.44. The van der Waals surface area contributed by atoms with Crippen molar-refractivity contribution < 1.29 is 9.53 Å². The predicted octanol–water partition coefficient (Wildman–Crippen LogP) is 0.509. The summed E-state index contributed by atoms with van der Waals surface area (Å²) in [5, 5.41) is 3.28.